The van der Waals surface area contributed by atoms with Crippen molar-refractivity contribution in [2.75, 3.05) is 18.5 Å². The van der Waals surface area contributed by atoms with Crippen molar-refractivity contribution in [2.24, 2.45) is 5.10 Å². The summed E-state index contributed by atoms with van der Waals surface area (Å²) >= 11 is 0. The van der Waals surface area contributed by atoms with Crippen molar-refractivity contribution in [1.82, 2.24) is 10.7 Å². The maximum atomic E-state index is 13.1. The lowest BCUT2D eigenvalue weighted by Crippen LogP contribution is -2.48. The van der Waals surface area contributed by atoms with E-state index in [2.05, 4.69) is 21.2 Å². The minimum Gasteiger partial charge on any atom is -0.457 e. The van der Waals surface area contributed by atoms with Gasteiger partial charge in [0.05, 0.1) is 19.4 Å². The highest BCUT2D eigenvalue weighted by Gasteiger charge is 2.21. The number of amides is 2. The second-order valence-electron chi connectivity index (χ2n) is 7.47. The molecule has 0 radical (unpaired) electrons. The third-order valence-electron chi connectivity index (χ3n) is 4.70. The number of hydrogen-bond donors (Lipinski definition) is 4. The number of nitrogens with one attached hydrogen (secondary N) is 4. The van der Waals surface area contributed by atoms with Gasteiger partial charge in [0.15, 0.2) is 0 Å². The van der Waals surface area contributed by atoms with E-state index in [9.17, 15) is 14.0 Å². The Morgan fingerprint density at radius 3 is 2.31 bits per heavy atom. The highest BCUT2D eigenvalue weighted by Crippen LogP contribution is 2.23. The summed E-state index contributed by atoms with van der Waals surface area (Å²) < 4.78 is 24.4. The standard InChI is InChI=1S/C26H26FN5O4/c27-20-6-10-22(11-7-20)36-23-12-8-21(9-13-23)31-26(34)24(32-25(33)16-30-29-15-14-28)18-35-17-19-4-2-1-3-5-19/h1-15,24,28,30H,16-18H2,(H,31,34)(H,32,33)/b28-14?,29-15-. The highest BCUT2D eigenvalue weighted by molar-refractivity contribution is 6.14. The number of carbonyl (C=O) groups excluding carboxylic acids is 2. The number of benzene rings is 3. The maximum absolute atomic E-state index is 13.1. The Morgan fingerprint density at radius 2 is 1.64 bits per heavy atom. The molecule has 3 rings (SSSR count). The first-order valence-corrected chi connectivity index (χ1v) is 11.0. The second kappa shape index (κ2) is 14.0. The van der Waals surface area contributed by atoms with E-state index in [1.54, 1.807) is 24.3 Å². The van der Waals surface area contributed by atoms with Gasteiger partial charge in [-0.15, -0.1) is 0 Å². The Hall–Kier alpha value is -4.57. The van der Waals surface area contributed by atoms with Gasteiger partial charge in [-0.3, -0.25) is 9.59 Å². The van der Waals surface area contributed by atoms with Crippen LogP contribution in [0.5, 0.6) is 11.5 Å². The molecule has 3 aromatic carbocycles. The van der Waals surface area contributed by atoms with Gasteiger partial charge in [-0.05, 0) is 54.1 Å². The molecule has 0 aliphatic rings. The molecule has 36 heavy (non-hydrogen) atoms. The number of halogens is 1. The summed E-state index contributed by atoms with van der Waals surface area (Å²) in [5.74, 6) is -0.308. The van der Waals surface area contributed by atoms with E-state index in [-0.39, 0.29) is 25.6 Å². The van der Waals surface area contributed by atoms with Crippen molar-refractivity contribution >= 4 is 29.9 Å². The number of carbonyl (C=O) groups is 2. The predicted molar refractivity (Wildman–Crippen MR) is 135 cm³/mol. The Labute approximate surface area is 207 Å². The molecule has 0 spiro atoms. The van der Waals surface area contributed by atoms with Crippen LogP contribution in [0.2, 0.25) is 0 Å². The molecule has 9 nitrogen and oxygen atoms in total. The van der Waals surface area contributed by atoms with Gasteiger partial charge in [-0.25, -0.2) is 4.39 Å². The number of anilines is 1. The zero-order valence-electron chi connectivity index (χ0n) is 19.3. The average Bonchev–Trinajstić information content (AvgIpc) is 2.89. The predicted octanol–water partition coefficient (Wildman–Crippen LogP) is 3.48. The third-order valence-corrected chi connectivity index (χ3v) is 4.70. The molecular formula is C26H26FN5O4. The van der Waals surface area contributed by atoms with Crippen molar-refractivity contribution in [3.8, 4) is 11.5 Å². The largest absolute Gasteiger partial charge is 0.457 e. The second-order valence-corrected chi connectivity index (χ2v) is 7.47. The first kappa shape index (κ1) is 26.0. The summed E-state index contributed by atoms with van der Waals surface area (Å²) in [5.41, 5.74) is 3.91. The molecule has 2 amide bonds. The summed E-state index contributed by atoms with van der Waals surface area (Å²) in [6, 6.07) is 20.7. The van der Waals surface area contributed by atoms with Crippen molar-refractivity contribution in [1.29, 1.82) is 5.41 Å². The van der Waals surface area contributed by atoms with Gasteiger partial charge in [0.25, 0.3) is 0 Å². The summed E-state index contributed by atoms with van der Waals surface area (Å²) in [5, 5.41) is 15.9. The number of nitrogens with zero attached hydrogens (tertiary/aromatic N) is 1. The van der Waals surface area contributed by atoms with Crippen LogP contribution in [-0.4, -0.2) is 43.4 Å². The molecule has 0 aliphatic heterocycles. The van der Waals surface area contributed by atoms with E-state index in [1.807, 2.05) is 30.3 Å². The van der Waals surface area contributed by atoms with E-state index in [0.717, 1.165) is 11.8 Å². The first-order chi connectivity index (χ1) is 17.5. The van der Waals surface area contributed by atoms with Gasteiger partial charge < -0.3 is 30.9 Å². The molecule has 0 aliphatic carbocycles. The van der Waals surface area contributed by atoms with Crippen LogP contribution in [0.4, 0.5) is 10.1 Å². The number of hydrogen-bond acceptors (Lipinski definition) is 7. The average molecular weight is 492 g/mol. The summed E-state index contributed by atoms with van der Waals surface area (Å²) in [6.45, 7) is 0.0437. The Balaban J connectivity index is 1.59. The minimum absolute atomic E-state index is 0.0536. The van der Waals surface area contributed by atoms with Crippen LogP contribution in [0.3, 0.4) is 0 Å². The van der Waals surface area contributed by atoms with Crippen LogP contribution in [-0.2, 0) is 20.9 Å². The molecule has 1 unspecified atom stereocenters. The molecule has 0 saturated heterocycles. The Bertz CT molecular complexity index is 1160. The Morgan fingerprint density at radius 1 is 0.972 bits per heavy atom. The van der Waals surface area contributed by atoms with Crippen molar-refractivity contribution in [3.05, 3.63) is 90.2 Å². The van der Waals surface area contributed by atoms with Crippen LogP contribution < -0.4 is 20.8 Å². The third kappa shape index (κ3) is 8.99. The molecule has 0 aromatic heterocycles. The van der Waals surface area contributed by atoms with E-state index in [0.29, 0.717) is 17.2 Å². The quantitative estimate of drug-likeness (QED) is 0.215. The molecule has 4 N–H and O–H groups in total. The Kier molecular flexibility index (Phi) is 10.1. The van der Waals surface area contributed by atoms with Gasteiger partial charge in [0.2, 0.25) is 11.8 Å². The summed E-state index contributed by atoms with van der Waals surface area (Å²) in [4.78, 5) is 25.2. The van der Waals surface area contributed by atoms with Crippen LogP contribution >= 0.6 is 0 Å². The molecular weight excluding hydrogens is 465 g/mol. The van der Waals surface area contributed by atoms with Crippen LogP contribution in [0, 0.1) is 11.2 Å². The SMILES string of the molecule is N=C/C=N\NCC(=O)NC(COCc1ccccc1)C(=O)Nc1ccc(Oc2ccc(F)cc2)cc1. The lowest BCUT2D eigenvalue weighted by Gasteiger charge is -2.19. The van der Waals surface area contributed by atoms with Gasteiger partial charge >= 0.3 is 0 Å². The fourth-order valence-electron chi connectivity index (χ4n) is 2.98. The van der Waals surface area contributed by atoms with Gasteiger partial charge in [-0.2, -0.15) is 5.10 Å². The van der Waals surface area contributed by atoms with E-state index in [4.69, 9.17) is 14.9 Å². The molecule has 186 valence electrons. The zero-order valence-corrected chi connectivity index (χ0v) is 19.3. The highest BCUT2D eigenvalue weighted by atomic mass is 19.1. The van der Waals surface area contributed by atoms with E-state index >= 15 is 0 Å². The van der Waals surface area contributed by atoms with Gasteiger partial charge in [0.1, 0.15) is 29.9 Å². The molecule has 1 atom stereocenters. The normalized spacial score (nSPS) is 11.5. The van der Waals surface area contributed by atoms with Gasteiger partial charge in [-0.1, -0.05) is 30.3 Å². The van der Waals surface area contributed by atoms with E-state index < -0.39 is 17.9 Å². The topological polar surface area (TPSA) is 125 Å². The van der Waals surface area contributed by atoms with Crippen LogP contribution in [0.25, 0.3) is 0 Å². The number of ether oxygens (including phenoxy) is 2. The maximum Gasteiger partial charge on any atom is 0.249 e. The van der Waals surface area contributed by atoms with Crippen molar-refractivity contribution < 1.29 is 23.5 Å². The number of hydrazone groups is 1. The summed E-state index contributed by atoms with van der Waals surface area (Å²) in [6.07, 6.45) is 2.15. The first-order valence-electron chi connectivity index (χ1n) is 11.0. The molecule has 0 bridgehead atoms. The molecule has 0 saturated carbocycles. The summed E-state index contributed by atoms with van der Waals surface area (Å²) in [7, 11) is 0. The molecule has 10 heteroatoms. The monoisotopic (exact) mass is 491 g/mol. The molecule has 0 heterocycles. The fourth-order valence-corrected chi connectivity index (χ4v) is 2.98. The van der Waals surface area contributed by atoms with Crippen molar-refractivity contribution in [3.63, 3.8) is 0 Å². The molecule has 0 fully saturated rings. The molecule has 3 aromatic rings. The zero-order chi connectivity index (χ0) is 25.6. The lowest BCUT2D eigenvalue weighted by molar-refractivity contribution is -0.127. The van der Waals surface area contributed by atoms with Gasteiger partial charge in [0, 0.05) is 11.9 Å². The van der Waals surface area contributed by atoms with Crippen LogP contribution in [0.1, 0.15) is 5.56 Å². The fraction of sp³-hybridized carbons (Fsp3) is 0.154. The van der Waals surface area contributed by atoms with Crippen LogP contribution in [0.15, 0.2) is 84.0 Å². The minimum atomic E-state index is -0.968. The lowest BCUT2D eigenvalue weighted by atomic mass is 10.2. The van der Waals surface area contributed by atoms with Crippen molar-refractivity contribution in [2.45, 2.75) is 12.6 Å². The van der Waals surface area contributed by atoms with E-state index in [1.165, 1.54) is 30.5 Å². The number of rotatable bonds is 13. The smallest absolute Gasteiger partial charge is 0.249 e.